The molecule has 0 heterocycles. The summed E-state index contributed by atoms with van der Waals surface area (Å²) in [5.41, 5.74) is 4.10. The van der Waals surface area contributed by atoms with Gasteiger partial charge in [0.25, 0.3) is 0 Å². The van der Waals surface area contributed by atoms with E-state index in [1.54, 1.807) is 0 Å². The maximum Gasteiger partial charge on any atom is 0.407 e. The highest BCUT2D eigenvalue weighted by Gasteiger charge is 1.99. The summed E-state index contributed by atoms with van der Waals surface area (Å²) >= 11 is 0. The number of carbonyl (C=O) groups is 1. The number of ether oxygens (including phenoxy) is 1. The number of alkyl carbamates (subject to hydrolysis) is 1. The van der Waals surface area contributed by atoms with Crippen LogP contribution in [0, 0.1) is 0 Å². The van der Waals surface area contributed by atoms with E-state index in [-0.39, 0.29) is 6.09 Å². The zero-order valence-corrected chi connectivity index (χ0v) is 16.4. The molecule has 0 saturated heterocycles. The summed E-state index contributed by atoms with van der Waals surface area (Å²) in [5, 5.41) is 2.77. The molecule has 0 unspecified atom stereocenters. The molecule has 0 aliphatic heterocycles. The Labute approximate surface area is 149 Å². The molecule has 1 amide bonds. The van der Waals surface area contributed by atoms with Gasteiger partial charge in [-0.2, -0.15) is 0 Å². The Morgan fingerprint density at radius 3 is 2.17 bits per heavy atom. The minimum absolute atomic E-state index is 0.315. The average Bonchev–Trinajstić information content (AvgIpc) is 2.51. The fraction of sp³-hybridized carbons (Fsp3) is 0.667. The average molecular weight is 336 g/mol. The first-order valence-electron chi connectivity index (χ1n) is 9.31. The Bertz CT molecular complexity index is 429. The lowest BCUT2D eigenvalue weighted by Crippen LogP contribution is -2.25. The van der Waals surface area contributed by atoms with Crippen LogP contribution in [0.3, 0.4) is 0 Å². The Morgan fingerprint density at radius 2 is 1.54 bits per heavy atom. The fourth-order valence-electron chi connectivity index (χ4n) is 2.21. The minimum Gasteiger partial charge on any atom is -0.445 e. The van der Waals surface area contributed by atoms with Gasteiger partial charge in [0.05, 0.1) is 0 Å². The number of amides is 1. The molecule has 0 rings (SSSR count). The number of nitrogens with one attached hydrogen (secondary N) is 1. The monoisotopic (exact) mass is 335 g/mol. The SMILES string of the molecule is CCCCCNC(=O)OC/C=C(\C)CC/C=C(\C)CCC=C(C)C. The van der Waals surface area contributed by atoms with Crippen molar-refractivity contribution in [1.29, 1.82) is 0 Å². The van der Waals surface area contributed by atoms with Crippen molar-refractivity contribution >= 4 is 6.09 Å². The predicted octanol–water partition coefficient (Wildman–Crippen LogP) is 6.32. The Morgan fingerprint density at radius 1 is 0.917 bits per heavy atom. The molecule has 0 saturated carbocycles. The molecule has 0 fully saturated rings. The summed E-state index contributed by atoms with van der Waals surface area (Å²) in [7, 11) is 0. The lowest BCUT2D eigenvalue weighted by molar-refractivity contribution is 0.158. The van der Waals surface area contributed by atoms with Gasteiger partial charge < -0.3 is 10.1 Å². The van der Waals surface area contributed by atoms with Crippen LogP contribution in [0.1, 0.15) is 79.6 Å². The molecule has 0 aliphatic carbocycles. The minimum atomic E-state index is -0.315. The van der Waals surface area contributed by atoms with Crippen LogP contribution in [-0.4, -0.2) is 19.2 Å². The summed E-state index contributed by atoms with van der Waals surface area (Å²) in [4.78, 5) is 11.5. The van der Waals surface area contributed by atoms with Gasteiger partial charge in [0.2, 0.25) is 0 Å². The maximum atomic E-state index is 11.5. The van der Waals surface area contributed by atoms with E-state index in [2.05, 4.69) is 52.1 Å². The van der Waals surface area contributed by atoms with Crippen molar-refractivity contribution in [3.05, 3.63) is 34.9 Å². The van der Waals surface area contributed by atoms with Crippen molar-refractivity contribution in [3.63, 3.8) is 0 Å². The molecule has 0 aromatic heterocycles. The molecular formula is C21H37NO2. The first-order chi connectivity index (χ1) is 11.5. The third-order valence-electron chi connectivity index (χ3n) is 3.82. The van der Waals surface area contributed by atoms with Crippen LogP contribution in [0.15, 0.2) is 34.9 Å². The van der Waals surface area contributed by atoms with E-state index in [1.165, 1.54) is 16.7 Å². The summed E-state index contributed by atoms with van der Waals surface area (Å²) in [6.07, 6.45) is 13.9. The zero-order valence-electron chi connectivity index (χ0n) is 16.4. The van der Waals surface area contributed by atoms with Crippen molar-refractivity contribution in [2.75, 3.05) is 13.2 Å². The van der Waals surface area contributed by atoms with Gasteiger partial charge in [-0.15, -0.1) is 0 Å². The van der Waals surface area contributed by atoms with Crippen LogP contribution >= 0.6 is 0 Å². The first-order valence-corrected chi connectivity index (χ1v) is 9.31. The highest BCUT2D eigenvalue weighted by Crippen LogP contribution is 2.11. The van der Waals surface area contributed by atoms with Crippen molar-refractivity contribution in [2.45, 2.75) is 79.6 Å². The van der Waals surface area contributed by atoms with E-state index in [0.717, 1.165) is 44.9 Å². The molecule has 0 aliphatic rings. The van der Waals surface area contributed by atoms with Crippen molar-refractivity contribution < 1.29 is 9.53 Å². The van der Waals surface area contributed by atoms with Crippen LogP contribution in [0.25, 0.3) is 0 Å². The van der Waals surface area contributed by atoms with Crippen LogP contribution in [0.4, 0.5) is 4.79 Å². The molecule has 3 nitrogen and oxygen atoms in total. The molecular weight excluding hydrogens is 298 g/mol. The normalized spacial score (nSPS) is 12.0. The quantitative estimate of drug-likeness (QED) is 0.334. The predicted molar refractivity (Wildman–Crippen MR) is 104 cm³/mol. The third-order valence-corrected chi connectivity index (χ3v) is 3.82. The molecule has 0 aromatic rings. The van der Waals surface area contributed by atoms with Gasteiger partial charge in [-0.1, -0.05) is 48.6 Å². The van der Waals surface area contributed by atoms with Crippen LogP contribution in [0.5, 0.6) is 0 Å². The van der Waals surface area contributed by atoms with E-state index in [4.69, 9.17) is 4.74 Å². The lowest BCUT2D eigenvalue weighted by Gasteiger charge is -2.05. The third kappa shape index (κ3) is 15.4. The van der Waals surface area contributed by atoms with Gasteiger partial charge in [0, 0.05) is 6.54 Å². The summed E-state index contributed by atoms with van der Waals surface area (Å²) in [5.74, 6) is 0. The van der Waals surface area contributed by atoms with E-state index < -0.39 is 0 Å². The molecule has 0 aromatic carbocycles. The number of rotatable bonds is 12. The largest absolute Gasteiger partial charge is 0.445 e. The standard InChI is InChI=1S/C21H37NO2/c1-6-7-8-16-22-21(23)24-17-15-20(5)14-10-13-19(4)12-9-11-18(2)3/h11,13,15H,6-10,12,14,16-17H2,1-5H3,(H,22,23)/b19-13+,20-15+. The van der Waals surface area contributed by atoms with E-state index in [1.807, 2.05) is 6.08 Å². The second-order valence-corrected chi connectivity index (χ2v) is 6.69. The highest BCUT2D eigenvalue weighted by atomic mass is 16.5. The molecule has 3 heteroatoms. The van der Waals surface area contributed by atoms with Crippen molar-refractivity contribution in [3.8, 4) is 0 Å². The number of carbonyl (C=O) groups excluding carboxylic acids is 1. The summed E-state index contributed by atoms with van der Waals surface area (Å²) < 4.78 is 5.15. The van der Waals surface area contributed by atoms with Gasteiger partial charge in [0.1, 0.15) is 6.61 Å². The van der Waals surface area contributed by atoms with Crippen LogP contribution < -0.4 is 5.32 Å². The lowest BCUT2D eigenvalue weighted by atomic mass is 10.1. The van der Waals surface area contributed by atoms with Crippen molar-refractivity contribution in [2.24, 2.45) is 0 Å². The Kier molecular flexibility index (Phi) is 14.1. The molecule has 1 N–H and O–H groups in total. The second kappa shape index (κ2) is 15.0. The molecule has 0 spiro atoms. The fourth-order valence-corrected chi connectivity index (χ4v) is 2.21. The van der Waals surface area contributed by atoms with E-state index in [9.17, 15) is 4.79 Å². The van der Waals surface area contributed by atoms with Crippen molar-refractivity contribution in [1.82, 2.24) is 5.32 Å². The summed E-state index contributed by atoms with van der Waals surface area (Å²) in [6.45, 7) is 11.8. The topological polar surface area (TPSA) is 38.3 Å². The Balaban J connectivity index is 3.82. The molecule has 0 atom stereocenters. The van der Waals surface area contributed by atoms with E-state index in [0.29, 0.717) is 13.2 Å². The maximum absolute atomic E-state index is 11.5. The van der Waals surface area contributed by atoms with Gasteiger partial charge >= 0.3 is 6.09 Å². The van der Waals surface area contributed by atoms with Gasteiger partial charge in [-0.3, -0.25) is 0 Å². The summed E-state index contributed by atoms with van der Waals surface area (Å²) in [6, 6.07) is 0. The zero-order chi connectivity index (χ0) is 18.2. The first kappa shape index (κ1) is 22.5. The molecule has 0 bridgehead atoms. The van der Waals surface area contributed by atoms with E-state index >= 15 is 0 Å². The number of hydrogen-bond acceptors (Lipinski definition) is 2. The molecule has 24 heavy (non-hydrogen) atoms. The van der Waals surface area contributed by atoms with Gasteiger partial charge in [-0.05, 0) is 65.9 Å². The highest BCUT2D eigenvalue weighted by molar-refractivity contribution is 5.67. The Hall–Kier alpha value is -1.51. The number of hydrogen-bond donors (Lipinski definition) is 1. The smallest absolute Gasteiger partial charge is 0.407 e. The van der Waals surface area contributed by atoms with Crippen LogP contribution in [-0.2, 0) is 4.74 Å². The number of unbranched alkanes of at least 4 members (excludes halogenated alkanes) is 2. The van der Waals surface area contributed by atoms with Gasteiger partial charge in [0.15, 0.2) is 0 Å². The molecule has 0 radical (unpaired) electrons. The number of allylic oxidation sites excluding steroid dienone is 5. The second-order valence-electron chi connectivity index (χ2n) is 6.69. The molecule has 138 valence electrons. The van der Waals surface area contributed by atoms with Crippen LogP contribution in [0.2, 0.25) is 0 Å². The van der Waals surface area contributed by atoms with Gasteiger partial charge in [-0.25, -0.2) is 4.79 Å².